The van der Waals surface area contributed by atoms with Gasteiger partial charge in [0, 0.05) is 17.2 Å². The monoisotopic (exact) mass is 435 g/mol. The van der Waals surface area contributed by atoms with Crippen molar-refractivity contribution in [2.24, 2.45) is 0 Å². The first-order chi connectivity index (χ1) is 14.6. The van der Waals surface area contributed by atoms with Gasteiger partial charge in [-0.1, -0.05) is 12.1 Å². The molecule has 1 aromatic heterocycles. The molecule has 0 spiro atoms. The predicted molar refractivity (Wildman–Crippen MR) is 104 cm³/mol. The van der Waals surface area contributed by atoms with Crippen molar-refractivity contribution in [3.05, 3.63) is 66.1 Å². The van der Waals surface area contributed by atoms with Crippen molar-refractivity contribution in [3.63, 3.8) is 0 Å². The van der Waals surface area contributed by atoms with E-state index in [1.807, 2.05) is 0 Å². The molecule has 31 heavy (non-hydrogen) atoms. The van der Waals surface area contributed by atoms with Gasteiger partial charge < -0.3 is 15.2 Å². The minimum absolute atomic E-state index is 0.0436. The van der Waals surface area contributed by atoms with Crippen LogP contribution in [0, 0.1) is 5.82 Å². The number of halogens is 4. The van der Waals surface area contributed by atoms with Crippen LogP contribution in [0.1, 0.15) is 17.4 Å². The number of alkyl halides is 3. The van der Waals surface area contributed by atoms with E-state index in [4.69, 9.17) is 5.11 Å². The summed E-state index contributed by atoms with van der Waals surface area (Å²) in [6.45, 7) is 1.30. The molecular formula is C21H17F4N3O3. The second kappa shape index (κ2) is 9.09. The SMILES string of the molecule is C[C@@H](CO)NC(=O)c1cc(-c2cccc(F)c2)nc(-c2ccc(OC(F)(F)F)cc2)n1. The van der Waals surface area contributed by atoms with E-state index in [-0.39, 0.29) is 23.8 Å². The van der Waals surface area contributed by atoms with Crippen LogP contribution in [-0.2, 0) is 0 Å². The summed E-state index contributed by atoms with van der Waals surface area (Å²) in [5, 5.41) is 11.7. The third-order valence-electron chi connectivity index (χ3n) is 4.08. The van der Waals surface area contributed by atoms with E-state index in [1.54, 1.807) is 13.0 Å². The summed E-state index contributed by atoms with van der Waals surface area (Å²) >= 11 is 0. The number of aliphatic hydroxyl groups is 1. The number of ether oxygens (including phenoxy) is 1. The van der Waals surface area contributed by atoms with E-state index in [9.17, 15) is 22.4 Å². The Morgan fingerprint density at radius 2 is 1.81 bits per heavy atom. The largest absolute Gasteiger partial charge is 0.573 e. The van der Waals surface area contributed by atoms with E-state index in [1.165, 1.54) is 36.4 Å². The third-order valence-corrected chi connectivity index (χ3v) is 4.08. The van der Waals surface area contributed by atoms with Gasteiger partial charge in [-0.05, 0) is 49.4 Å². The fraction of sp³-hybridized carbons (Fsp3) is 0.190. The molecule has 0 radical (unpaired) electrons. The molecule has 1 atom stereocenters. The average Bonchev–Trinajstić information content (AvgIpc) is 2.72. The van der Waals surface area contributed by atoms with Gasteiger partial charge in [-0.3, -0.25) is 4.79 Å². The number of nitrogens with zero attached hydrogens (tertiary/aromatic N) is 2. The summed E-state index contributed by atoms with van der Waals surface area (Å²) in [4.78, 5) is 21.0. The smallest absolute Gasteiger partial charge is 0.406 e. The van der Waals surface area contributed by atoms with Gasteiger partial charge in [-0.2, -0.15) is 0 Å². The normalized spacial score (nSPS) is 12.3. The predicted octanol–water partition coefficient (Wildman–Crippen LogP) is 3.96. The molecule has 10 heteroatoms. The minimum Gasteiger partial charge on any atom is -0.406 e. The zero-order valence-corrected chi connectivity index (χ0v) is 16.2. The number of rotatable bonds is 6. The van der Waals surface area contributed by atoms with Crippen LogP contribution in [0.2, 0.25) is 0 Å². The molecular weight excluding hydrogens is 418 g/mol. The lowest BCUT2D eigenvalue weighted by molar-refractivity contribution is -0.274. The lowest BCUT2D eigenvalue weighted by atomic mass is 10.1. The maximum atomic E-state index is 13.7. The molecule has 2 aromatic carbocycles. The molecule has 0 aliphatic carbocycles. The Bertz CT molecular complexity index is 1070. The van der Waals surface area contributed by atoms with Crippen molar-refractivity contribution in [3.8, 4) is 28.4 Å². The maximum absolute atomic E-state index is 13.7. The Labute approximate surface area is 174 Å². The topological polar surface area (TPSA) is 84.3 Å². The molecule has 0 bridgehead atoms. The fourth-order valence-corrected chi connectivity index (χ4v) is 2.64. The van der Waals surface area contributed by atoms with Crippen LogP contribution in [0.25, 0.3) is 22.6 Å². The fourth-order valence-electron chi connectivity index (χ4n) is 2.64. The van der Waals surface area contributed by atoms with Crippen LogP contribution in [0.15, 0.2) is 54.6 Å². The molecule has 2 N–H and O–H groups in total. The van der Waals surface area contributed by atoms with E-state index < -0.39 is 29.9 Å². The van der Waals surface area contributed by atoms with Gasteiger partial charge in [-0.15, -0.1) is 13.2 Å². The molecule has 0 unspecified atom stereocenters. The Balaban J connectivity index is 2.03. The van der Waals surface area contributed by atoms with Crippen molar-refractivity contribution in [1.29, 1.82) is 0 Å². The van der Waals surface area contributed by atoms with E-state index in [2.05, 4.69) is 20.0 Å². The summed E-state index contributed by atoms with van der Waals surface area (Å²) in [7, 11) is 0. The zero-order chi connectivity index (χ0) is 22.6. The van der Waals surface area contributed by atoms with Crippen LogP contribution in [-0.4, -0.2) is 40.0 Å². The number of hydrogen-bond acceptors (Lipinski definition) is 5. The molecule has 0 saturated carbocycles. The molecule has 0 fully saturated rings. The number of hydrogen-bond donors (Lipinski definition) is 2. The summed E-state index contributed by atoms with van der Waals surface area (Å²) in [5.41, 5.74) is 0.879. The van der Waals surface area contributed by atoms with Gasteiger partial charge >= 0.3 is 6.36 Å². The average molecular weight is 435 g/mol. The number of carbonyl (C=O) groups is 1. The Hall–Kier alpha value is -3.53. The Morgan fingerprint density at radius 3 is 2.42 bits per heavy atom. The summed E-state index contributed by atoms with van der Waals surface area (Å²) in [5.74, 6) is -1.49. The quantitative estimate of drug-likeness (QED) is 0.573. The first-order valence-corrected chi connectivity index (χ1v) is 9.07. The molecule has 0 saturated heterocycles. The van der Waals surface area contributed by atoms with Crippen LogP contribution in [0.4, 0.5) is 17.6 Å². The number of aliphatic hydroxyl groups excluding tert-OH is 1. The first-order valence-electron chi connectivity index (χ1n) is 9.07. The summed E-state index contributed by atoms with van der Waals surface area (Å²) in [6.07, 6.45) is -4.83. The van der Waals surface area contributed by atoms with Crippen molar-refractivity contribution < 1.29 is 32.2 Å². The minimum atomic E-state index is -4.83. The van der Waals surface area contributed by atoms with Crippen molar-refractivity contribution in [2.75, 3.05) is 6.61 Å². The lowest BCUT2D eigenvalue weighted by Gasteiger charge is -2.13. The number of aromatic nitrogens is 2. The maximum Gasteiger partial charge on any atom is 0.573 e. The number of amides is 1. The first kappa shape index (κ1) is 22.2. The van der Waals surface area contributed by atoms with Gasteiger partial charge in [0.05, 0.1) is 12.3 Å². The van der Waals surface area contributed by atoms with E-state index in [0.717, 1.165) is 12.1 Å². The molecule has 1 amide bonds. The van der Waals surface area contributed by atoms with Gasteiger partial charge in [0.15, 0.2) is 5.82 Å². The highest BCUT2D eigenvalue weighted by Gasteiger charge is 2.31. The highest BCUT2D eigenvalue weighted by molar-refractivity contribution is 5.94. The Morgan fingerprint density at radius 1 is 1.10 bits per heavy atom. The molecule has 1 heterocycles. The van der Waals surface area contributed by atoms with Crippen molar-refractivity contribution in [1.82, 2.24) is 15.3 Å². The van der Waals surface area contributed by atoms with Crippen LogP contribution in [0.5, 0.6) is 5.75 Å². The van der Waals surface area contributed by atoms with Gasteiger partial charge in [-0.25, -0.2) is 14.4 Å². The highest BCUT2D eigenvalue weighted by atomic mass is 19.4. The van der Waals surface area contributed by atoms with Crippen molar-refractivity contribution >= 4 is 5.91 Å². The molecule has 3 rings (SSSR count). The van der Waals surface area contributed by atoms with Crippen molar-refractivity contribution in [2.45, 2.75) is 19.3 Å². The van der Waals surface area contributed by atoms with Crippen LogP contribution >= 0.6 is 0 Å². The van der Waals surface area contributed by atoms with Crippen LogP contribution in [0.3, 0.4) is 0 Å². The second-order valence-electron chi connectivity index (χ2n) is 6.60. The van der Waals surface area contributed by atoms with E-state index in [0.29, 0.717) is 11.1 Å². The zero-order valence-electron chi connectivity index (χ0n) is 16.2. The summed E-state index contributed by atoms with van der Waals surface area (Å²) in [6, 6.07) is 11.2. The molecule has 6 nitrogen and oxygen atoms in total. The highest BCUT2D eigenvalue weighted by Crippen LogP contribution is 2.27. The number of carbonyl (C=O) groups excluding carboxylic acids is 1. The molecule has 162 valence electrons. The standard InChI is InChI=1S/C21H17F4N3O3/c1-12(11-29)26-20(30)18-10-17(14-3-2-4-15(22)9-14)27-19(28-18)13-5-7-16(8-6-13)31-21(23,24)25/h2-10,12,29H,11H2,1H3,(H,26,30)/t12-/m0/s1. The third kappa shape index (κ3) is 5.98. The van der Waals surface area contributed by atoms with Gasteiger partial charge in [0.1, 0.15) is 17.3 Å². The molecule has 0 aliphatic heterocycles. The molecule has 0 aliphatic rings. The lowest BCUT2D eigenvalue weighted by Crippen LogP contribution is -2.35. The second-order valence-corrected chi connectivity index (χ2v) is 6.60. The number of nitrogens with one attached hydrogen (secondary N) is 1. The molecule has 3 aromatic rings. The van der Waals surface area contributed by atoms with Gasteiger partial charge in [0.25, 0.3) is 5.91 Å². The van der Waals surface area contributed by atoms with Crippen LogP contribution < -0.4 is 10.1 Å². The number of benzene rings is 2. The van der Waals surface area contributed by atoms with Gasteiger partial charge in [0.2, 0.25) is 0 Å². The Kier molecular flexibility index (Phi) is 6.50. The summed E-state index contributed by atoms with van der Waals surface area (Å²) < 4.78 is 54.6. The van der Waals surface area contributed by atoms with E-state index >= 15 is 0 Å².